The lowest BCUT2D eigenvalue weighted by Crippen LogP contribution is -2.52. The smallest absolute Gasteiger partial charge is 0.221 e. The molecule has 3 heteroatoms. The molecule has 1 aromatic carbocycles. The fourth-order valence-corrected chi connectivity index (χ4v) is 3.66. The molecule has 0 saturated carbocycles. The topological polar surface area (TPSA) is 18.5 Å². The first-order chi connectivity index (χ1) is 10.2. The Kier molecular flexibility index (Phi) is 4.63. The van der Waals surface area contributed by atoms with Gasteiger partial charge in [0.15, 0.2) is 0 Å². The molecule has 1 aromatic rings. The average Bonchev–Trinajstić information content (AvgIpc) is 2.84. The minimum atomic E-state index is -0.0146. The van der Waals surface area contributed by atoms with Crippen molar-refractivity contribution in [1.29, 1.82) is 0 Å². The van der Waals surface area contributed by atoms with Crippen LogP contribution in [0.5, 0.6) is 0 Å². The van der Waals surface area contributed by atoms with Crippen molar-refractivity contribution in [3.05, 3.63) is 35.9 Å². The van der Waals surface area contributed by atoms with Gasteiger partial charge in [-0.15, -0.1) is 0 Å². The van der Waals surface area contributed by atoms with Crippen LogP contribution in [0.25, 0.3) is 0 Å². The van der Waals surface area contributed by atoms with Crippen LogP contribution in [0.3, 0.4) is 0 Å². The molecule has 2 aliphatic rings. The van der Waals surface area contributed by atoms with Crippen molar-refractivity contribution in [3.63, 3.8) is 0 Å². The van der Waals surface area contributed by atoms with Gasteiger partial charge in [-0.3, -0.25) is 0 Å². The van der Waals surface area contributed by atoms with Gasteiger partial charge in [-0.05, 0) is 18.8 Å². The highest BCUT2D eigenvalue weighted by Gasteiger charge is 2.51. The predicted molar refractivity (Wildman–Crippen MR) is 83.2 cm³/mol. The number of quaternary nitrogens is 1. The van der Waals surface area contributed by atoms with Crippen LogP contribution in [0.15, 0.2) is 30.3 Å². The van der Waals surface area contributed by atoms with Crippen molar-refractivity contribution >= 4 is 0 Å². The summed E-state index contributed by atoms with van der Waals surface area (Å²) in [5.74, 6) is 0.564. The van der Waals surface area contributed by atoms with Crippen molar-refractivity contribution in [3.8, 4) is 0 Å². The maximum absolute atomic E-state index is 6.42. The Morgan fingerprint density at radius 1 is 1.24 bits per heavy atom. The summed E-state index contributed by atoms with van der Waals surface area (Å²) in [5.41, 5.74) is 1.37. The van der Waals surface area contributed by atoms with E-state index in [1.165, 1.54) is 24.8 Å². The summed E-state index contributed by atoms with van der Waals surface area (Å²) < 4.78 is 6.77. The van der Waals surface area contributed by atoms with Crippen LogP contribution >= 0.6 is 0 Å². The number of nitrogens with zero attached hydrogens (tertiary/aromatic N) is 1. The molecule has 0 radical (unpaired) electrons. The lowest BCUT2D eigenvalue weighted by molar-refractivity contribution is -1.13. The molecule has 3 nitrogen and oxygen atoms in total. The van der Waals surface area contributed by atoms with Gasteiger partial charge in [0.25, 0.3) is 0 Å². The van der Waals surface area contributed by atoms with Crippen LogP contribution in [0, 0.1) is 5.92 Å². The maximum atomic E-state index is 6.42. The molecule has 0 N–H and O–H groups in total. The highest BCUT2D eigenvalue weighted by Crippen LogP contribution is 2.39. The Balaban J connectivity index is 1.70. The summed E-state index contributed by atoms with van der Waals surface area (Å²) in [6.07, 6.45) is 4.91. The van der Waals surface area contributed by atoms with E-state index in [2.05, 4.69) is 44.2 Å². The molecule has 2 saturated heterocycles. The lowest BCUT2D eigenvalue weighted by Gasteiger charge is -2.39. The Morgan fingerprint density at radius 3 is 2.81 bits per heavy atom. The minimum absolute atomic E-state index is 0.0146. The van der Waals surface area contributed by atoms with Crippen LogP contribution in [-0.4, -0.2) is 30.1 Å². The van der Waals surface area contributed by atoms with Gasteiger partial charge >= 0.3 is 0 Å². The Bertz CT molecular complexity index is 448. The second-order valence-electron chi connectivity index (χ2n) is 6.97. The Morgan fingerprint density at radius 2 is 2.05 bits per heavy atom. The minimum Gasteiger partial charge on any atom is -0.347 e. The van der Waals surface area contributed by atoms with Gasteiger partial charge in [0, 0.05) is 12.0 Å². The standard InChI is InChI=1S/C18H28NO2/c1-15(2)14-20-18-12-17-10-6-7-11-19(17,21-18)13-16-8-4-3-5-9-16/h3-5,8-9,15,17-18H,6-7,10-14H2,1-2H3/q+1/t17-,18-,19-/m0/s1. The van der Waals surface area contributed by atoms with Crippen LogP contribution in [0.2, 0.25) is 0 Å². The van der Waals surface area contributed by atoms with Crippen molar-refractivity contribution in [2.75, 3.05) is 13.2 Å². The normalized spacial score (nSPS) is 32.3. The molecule has 0 spiro atoms. The first kappa shape index (κ1) is 15.0. The molecule has 2 fully saturated rings. The van der Waals surface area contributed by atoms with Gasteiger partial charge in [-0.2, -0.15) is 9.48 Å². The third-order valence-electron chi connectivity index (χ3n) is 4.69. The van der Waals surface area contributed by atoms with Crippen LogP contribution in [0.4, 0.5) is 0 Å². The molecule has 0 amide bonds. The highest BCUT2D eigenvalue weighted by molar-refractivity contribution is 5.13. The number of fused-ring (bicyclic) bond motifs is 1. The van der Waals surface area contributed by atoms with E-state index in [9.17, 15) is 0 Å². The summed E-state index contributed by atoms with van der Waals surface area (Å²) >= 11 is 0. The quantitative estimate of drug-likeness (QED) is 0.766. The number of ether oxygens (including phenoxy) is 1. The van der Waals surface area contributed by atoms with Crippen molar-refractivity contribution in [2.45, 2.75) is 58.4 Å². The summed E-state index contributed by atoms with van der Waals surface area (Å²) in [6.45, 7) is 7.28. The monoisotopic (exact) mass is 290 g/mol. The molecule has 0 unspecified atom stereocenters. The number of benzene rings is 1. The fourth-order valence-electron chi connectivity index (χ4n) is 3.66. The SMILES string of the molecule is CC(C)CO[C@@H]1C[C@@H]2CCCC[N@@+]2(Cc2ccccc2)O1. The molecular weight excluding hydrogens is 262 g/mol. The van der Waals surface area contributed by atoms with Crippen LogP contribution in [0.1, 0.15) is 45.1 Å². The second-order valence-corrected chi connectivity index (χ2v) is 6.97. The first-order valence-electron chi connectivity index (χ1n) is 8.39. The number of rotatable bonds is 5. The average molecular weight is 290 g/mol. The van der Waals surface area contributed by atoms with Gasteiger partial charge in [0.05, 0.1) is 13.0 Å². The van der Waals surface area contributed by atoms with Crippen LogP contribution < -0.4 is 0 Å². The summed E-state index contributed by atoms with van der Waals surface area (Å²) in [4.78, 5) is 6.42. The third kappa shape index (κ3) is 3.47. The molecule has 21 heavy (non-hydrogen) atoms. The Labute approximate surface area is 128 Å². The fraction of sp³-hybridized carbons (Fsp3) is 0.667. The van der Waals surface area contributed by atoms with E-state index < -0.39 is 0 Å². The summed E-state index contributed by atoms with van der Waals surface area (Å²) in [6, 6.07) is 11.4. The highest BCUT2D eigenvalue weighted by atomic mass is 16.8. The van der Waals surface area contributed by atoms with Crippen LogP contribution in [-0.2, 0) is 16.1 Å². The van der Waals surface area contributed by atoms with E-state index in [4.69, 9.17) is 9.57 Å². The number of hydrogen-bond acceptors (Lipinski definition) is 2. The molecule has 2 aliphatic heterocycles. The number of hydrogen-bond donors (Lipinski definition) is 0. The molecule has 0 bridgehead atoms. The molecular formula is C18H28NO2+. The number of piperidine rings is 1. The molecule has 2 heterocycles. The van der Waals surface area contributed by atoms with Crippen molar-refractivity contribution in [2.24, 2.45) is 5.92 Å². The van der Waals surface area contributed by atoms with Crippen molar-refractivity contribution in [1.82, 2.24) is 0 Å². The van der Waals surface area contributed by atoms with Crippen molar-refractivity contribution < 1.29 is 14.2 Å². The largest absolute Gasteiger partial charge is 0.347 e. The maximum Gasteiger partial charge on any atom is 0.221 e. The molecule has 3 atom stereocenters. The summed E-state index contributed by atoms with van der Waals surface area (Å²) in [7, 11) is 0. The van der Waals surface area contributed by atoms with Gasteiger partial charge in [0.2, 0.25) is 6.29 Å². The summed E-state index contributed by atoms with van der Waals surface area (Å²) in [5, 5.41) is 0. The van der Waals surface area contributed by atoms with E-state index in [0.29, 0.717) is 12.0 Å². The zero-order valence-electron chi connectivity index (χ0n) is 13.3. The second kappa shape index (κ2) is 6.47. The third-order valence-corrected chi connectivity index (χ3v) is 4.69. The molecule has 0 aromatic heterocycles. The van der Waals surface area contributed by atoms with Gasteiger partial charge in [-0.25, -0.2) is 0 Å². The van der Waals surface area contributed by atoms with Gasteiger partial charge in [-0.1, -0.05) is 44.2 Å². The predicted octanol–water partition coefficient (Wildman–Crippen LogP) is 3.89. The van der Waals surface area contributed by atoms with E-state index in [0.717, 1.165) is 30.8 Å². The molecule has 3 rings (SSSR count). The van der Waals surface area contributed by atoms with E-state index in [-0.39, 0.29) is 6.29 Å². The van der Waals surface area contributed by atoms with Gasteiger partial charge in [0.1, 0.15) is 19.1 Å². The van der Waals surface area contributed by atoms with E-state index >= 15 is 0 Å². The van der Waals surface area contributed by atoms with E-state index in [1.54, 1.807) is 0 Å². The van der Waals surface area contributed by atoms with E-state index in [1.807, 2.05) is 0 Å². The number of hydroxylamine groups is 3. The molecule has 0 aliphatic carbocycles. The van der Waals surface area contributed by atoms with Gasteiger partial charge < -0.3 is 4.74 Å². The zero-order chi connectivity index (χ0) is 14.7. The Hall–Kier alpha value is -0.900. The first-order valence-corrected chi connectivity index (χ1v) is 8.39. The zero-order valence-corrected chi connectivity index (χ0v) is 13.3. The lowest BCUT2D eigenvalue weighted by atomic mass is 9.98. The molecule has 116 valence electrons.